The Balaban J connectivity index is 2.21. The molecule has 1 amide bonds. The van der Waals surface area contributed by atoms with Crippen LogP contribution in [0.1, 0.15) is 36.5 Å². The molecule has 2 rings (SSSR count). The number of benzene rings is 1. The monoisotopic (exact) mass is 313 g/mol. The quantitative estimate of drug-likeness (QED) is 0.806. The third-order valence-electron chi connectivity index (χ3n) is 3.49. The fourth-order valence-corrected chi connectivity index (χ4v) is 2.63. The van der Waals surface area contributed by atoms with E-state index in [0.717, 1.165) is 18.9 Å². The fraction of sp³-hybridized carbons (Fsp3) is 0.467. The van der Waals surface area contributed by atoms with Gasteiger partial charge in [-0.15, -0.1) is 0 Å². The van der Waals surface area contributed by atoms with E-state index in [2.05, 4.69) is 0 Å². The van der Waals surface area contributed by atoms with Crippen molar-refractivity contribution in [1.29, 1.82) is 0 Å². The Labute approximate surface area is 127 Å². The lowest BCUT2D eigenvalue weighted by Crippen LogP contribution is -2.48. The Kier molecular flexibility index (Phi) is 5.17. The Morgan fingerprint density at radius 2 is 2.19 bits per heavy atom. The molecule has 114 valence electrons. The maximum absolute atomic E-state index is 13.2. The van der Waals surface area contributed by atoms with E-state index >= 15 is 0 Å². The summed E-state index contributed by atoms with van der Waals surface area (Å²) in [7, 11) is 0. The van der Waals surface area contributed by atoms with E-state index in [1.165, 1.54) is 17.0 Å². The molecule has 6 heteroatoms. The Bertz CT molecular complexity index is 550. The van der Waals surface area contributed by atoms with Crippen LogP contribution in [0.25, 0.3) is 0 Å². The molecule has 1 aromatic carbocycles. The number of ether oxygens (including phenoxy) is 1. The number of esters is 1. The van der Waals surface area contributed by atoms with Crippen LogP contribution in [0.3, 0.4) is 0 Å². The number of hydrogen-bond acceptors (Lipinski definition) is 3. The van der Waals surface area contributed by atoms with Crippen molar-refractivity contribution in [1.82, 2.24) is 4.90 Å². The van der Waals surface area contributed by atoms with E-state index in [4.69, 9.17) is 16.3 Å². The van der Waals surface area contributed by atoms with E-state index in [1.807, 2.05) is 0 Å². The SMILES string of the molecule is CCOC(=O)C1CCCCN1C(=O)c1ccc(F)c(Cl)c1. The molecule has 0 bridgehead atoms. The predicted octanol–water partition coefficient (Wildman–Crippen LogP) is 3.04. The molecule has 1 aliphatic heterocycles. The van der Waals surface area contributed by atoms with Crippen molar-refractivity contribution in [3.05, 3.63) is 34.6 Å². The first-order valence-corrected chi connectivity index (χ1v) is 7.35. The number of nitrogens with zero attached hydrogens (tertiary/aromatic N) is 1. The molecule has 0 N–H and O–H groups in total. The van der Waals surface area contributed by atoms with Crippen LogP contribution in [-0.4, -0.2) is 36.0 Å². The molecule has 1 atom stereocenters. The van der Waals surface area contributed by atoms with E-state index in [0.29, 0.717) is 13.0 Å². The summed E-state index contributed by atoms with van der Waals surface area (Å²) in [5.74, 6) is -1.29. The Morgan fingerprint density at radius 1 is 1.43 bits per heavy atom. The zero-order valence-electron chi connectivity index (χ0n) is 11.8. The van der Waals surface area contributed by atoms with Crippen LogP contribution in [0.15, 0.2) is 18.2 Å². The molecule has 1 aromatic rings. The first-order valence-electron chi connectivity index (χ1n) is 6.97. The molecular formula is C15H17ClFNO3. The number of halogens is 2. The highest BCUT2D eigenvalue weighted by molar-refractivity contribution is 6.31. The maximum Gasteiger partial charge on any atom is 0.328 e. The second-order valence-corrected chi connectivity index (χ2v) is 5.30. The number of hydrogen-bond donors (Lipinski definition) is 0. The van der Waals surface area contributed by atoms with Crippen molar-refractivity contribution < 1.29 is 18.7 Å². The molecule has 0 aliphatic carbocycles. The van der Waals surface area contributed by atoms with Gasteiger partial charge in [0.15, 0.2) is 0 Å². The van der Waals surface area contributed by atoms with Crippen molar-refractivity contribution in [3.63, 3.8) is 0 Å². The van der Waals surface area contributed by atoms with Gasteiger partial charge in [0.25, 0.3) is 5.91 Å². The van der Waals surface area contributed by atoms with Crippen molar-refractivity contribution in [3.8, 4) is 0 Å². The highest BCUT2D eigenvalue weighted by Gasteiger charge is 2.33. The van der Waals surface area contributed by atoms with Crippen molar-refractivity contribution in [2.75, 3.05) is 13.2 Å². The zero-order chi connectivity index (χ0) is 15.4. The summed E-state index contributed by atoms with van der Waals surface area (Å²) in [4.78, 5) is 26.0. The molecular weight excluding hydrogens is 297 g/mol. The minimum Gasteiger partial charge on any atom is -0.464 e. The molecule has 1 saturated heterocycles. The molecule has 1 aliphatic rings. The summed E-state index contributed by atoms with van der Waals surface area (Å²) in [6, 6.07) is 3.24. The summed E-state index contributed by atoms with van der Waals surface area (Å²) in [6.07, 6.45) is 2.29. The molecule has 0 saturated carbocycles. The zero-order valence-corrected chi connectivity index (χ0v) is 12.5. The lowest BCUT2D eigenvalue weighted by Gasteiger charge is -2.34. The molecule has 1 fully saturated rings. The molecule has 4 nitrogen and oxygen atoms in total. The number of carbonyl (C=O) groups excluding carboxylic acids is 2. The molecule has 0 spiro atoms. The van der Waals surface area contributed by atoms with Gasteiger partial charge in [-0.05, 0) is 44.4 Å². The summed E-state index contributed by atoms with van der Waals surface area (Å²) < 4.78 is 18.2. The minimum atomic E-state index is -0.575. The van der Waals surface area contributed by atoms with Gasteiger partial charge in [-0.25, -0.2) is 9.18 Å². The first-order chi connectivity index (χ1) is 10.0. The maximum atomic E-state index is 13.2. The summed E-state index contributed by atoms with van der Waals surface area (Å²) in [5.41, 5.74) is 0.276. The number of rotatable bonds is 3. The summed E-state index contributed by atoms with van der Waals surface area (Å²) in [6.45, 7) is 2.49. The lowest BCUT2D eigenvalue weighted by atomic mass is 10.0. The van der Waals surface area contributed by atoms with Gasteiger partial charge in [-0.3, -0.25) is 4.79 Å². The van der Waals surface area contributed by atoms with Gasteiger partial charge >= 0.3 is 5.97 Å². The van der Waals surface area contributed by atoms with Crippen LogP contribution in [-0.2, 0) is 9.53 Å². The van der Waals surface area contributed by atoms with Crippen molar-refractivity contribution in [2.24, 2.45) is 0 Å². The molecule has 21 heavy (non-hydrogen) atoms. The van der Waals surface area contributed by atoms with Gasteiger partial charge in [0.1, 0.15) is 11.9 Å². The minimum absolute atomic E-state index is 0.106. The number of likely N-dealkylation sites (tertiary alicyclic amines) is 1. The predicted molar refractivity (Wildman–Crippen MR) is 76.7 cm³/mol. The molecule has 1 heterocycles. The Hall–Kier alpha value is -1.62. The molecule has 0 radical (unpaired) electrons. The third kappa shape index (κ3) is 3.53. The van der Waals surface area contributed by atoms with Gasteiger partial charge in [0.2, 0.25) is 0 Å². The normalized spacial score (nSPS) is 18.4. The van der Waals surface area contributed by atoms with Gasteiger partial charge in [0, 0.05) is 12.1 Å². The highest BCUT2D eigenvalue weighted by atomic mass is 35.5. The second-order valence-electron chi connectivity index (χ2n) is 4.89. The lowest BCUT2D eigenvalue weighted by molar-refractivity contribution is -0.149. The first kappa shape index (κ1) is 15.8. The van der Waals surface area contributed by atoms with Crippen LogP contribution in [0.2, 0.25) is 5.02 Å². The molecule has 1 unspecified atom stereocenters. The van der Waals surface area contributed by atoms with Gasteiger partial charge in [-0.1, -0.05) is 11.6 Å². The van der Waals surface area contributed by atoms with E-state index in [-0.39, 0.29) is 23.1 Å². The van der Waals surface area contributed by atoms with Gasteiger partial charge in [0.05, 0.1) is 11.6 Å². The average molecular weight is 314 g/mol. The van der Waals surface area contributed by atoms with Crippen LogP contribution < -0.4 is 0 Å². The summed E-state index contributed by atoms with van der Waals surface area (Å²) >= 11 is 5.71. The average Bonchev–Trinajstić information content (AvgIpc) is 2.49. The highest BCUT2D eigenvalue weighted by Crippen LogP contribution is 2.23. The fourth-order valence-electron chi connectivity index (χ4n) is 2.45. The van der Waals surface area contributed by atoms with Crippen LogP contribution in [0.4, 0.5) is 4.39 Å². The van der Waals surface area contributed by atoms with Crippen molar-refractivity contribution >= 4 is 23.5 Å². The van der Waals surface area contributed by atoms with E-state index < -0.39 is 17.8 Å². The van der Waals surface area contributed by atoms with Crippen molar-refractivity contribution in [2.45, 2.75) is 32.2 Å². The van der Waals surface area contributed by atoms with E-state index in [1.54, 1.807) is 6.92 Å². The van der Waals surface area contributed by atoms with E-state index in [9.17, 15) is 14.0 Å². The van der Waals surface area contributed by atoms with Crippen LogP contribution in [0.5, 0.6) is 0 Å². The largest absolute Gasteiger partial charge is 0.464 e. The Morgan fingerprint density at radius 3 is 2.86 bits per heavy atom. The third-order valence-corrected chi connectivity index (χ3v) is 3.78. The number of piperidine rings is 1. The van der Waals surface area contributed by atoms with Gasteiger partial charge < -0.3 is 9.64 Å². The van der Waals surface area contributed by atoms with Gasteiger partial charge in [-0.2, -0.15) is 0 Å². The second kappa shape index (κ2) is 6.89. The van der Waals surface area contributed by atoms with Crippen LogP contribution in [0, 0.1) is 5.82 Å². The summed E-state index contributed by atoms with van der Waals surface area (Å²) in [5, 5.41) is -0.106. The topological polar surface area (TPSA) is 46.6 Å². The standard InChI is InChI=1S/C15H17ClFNO3/c1-2-21-15(20)13-5-3-4-8-18(13)14(19)10-6-7-12(17)11(16)9-10/h6-7,9,13H,2-5,8H2,1H3. The van der Waals surface area contributed by atoms with Crippen LogP contribution >= 0.6 is 11.6 Å². The number of carbonyl (C=O) groups is 2. The number of amides is 1. The molecule has 0 aromatic heterocycles. The smallest absolute Gasteiger partial charge is 0.328 e.